The van der Waals surface area contributed by atoms with Crippen LogP contribution in [0.2, 0.25) is 0 Å². The smallest absolute Gasteiger partial charge is 0.231 e. The van der Waals surface area contributed by atoms with Crippen molar-refractivity contribution in [2.45, 2.75) is 56.9 Å². The lowest BCUT2D eigenvalue weighted by Gasteiger charge is -2.60. The van der Waals surface area contributed by atoms with Gasteiger partial charge in [0.05, 0.1) is 25.3 Å². The fourth-order valence-corrected chi connectivity index (χ4v) is 7.40. The molecule has 1 saturated heterocycles. The van der Waals surface area contributed by atoms with Crippen LogP contribution < -0.4 is 24.7 Å². The largest absolute Gasteiger partial charge is 0.504 e. The maximum atomic E-state index is 11.5. The Morgan fingerprint density at radius 3 is 2.66 bits per heavy atom. The number of hydrogen-bond donors (Lipinski definition) is 2. The van der Waals surface area contributed by atoms with Crippen LogP contribution in [0, 0.1) is 25.2 Å². The monoisotopic (exact) mass is 518 g/mol. The van der Waals surface area contributed by atoms with Crippen molar-refractivity contribution in [3.8, 4) is 34.8 Å². The van der Waals surface area contributed by atoms with Crippen molar-refractivity contribution in [3.05, 3.63) is 52.1 Å². The number of nitriles is 1. The molecule has 2 bridgehead atoms. The second kappa shape index (κ2) is 9.09. The molecule has 0 radical (unpaired) electrons. The minimum atomic E-state index is -0.405. The first-order valence-corrected chi connectivity index (χ1v) is 13.0. The van der Waals surface area contributed by atoms with E-state index < -0.39 is 6.04 Å². The average molecular weight is 519 g/mol. The van der Waals surface area contributed by atoms with Crippen molar-refractivity contribution in [1.29, 1.82) is 5.26 Å². The molecule has 0 aromatic heterocycles. The number of likely N-dealkylation sites (N-methyl/N-ethyl adjacent to an activating group) is 1. The molecular formula is C29H34N4O5. The van der Waals surface area contributed by atoms with E-state index in [1.807, 2.05) is 13.8 Å². The molecule has 4 aliphatic rings. The number of aromatic hydroxyl groups is 1. The lowest BCUT2D eigenvalue weighted by Crippen LogP contribution is -2.68. The van der Waals surface area contributed by atoms with E-state index in [2.05, 4.69) is 35.6 Å². The number of phenolic OH excluding ortho intramolecular Hbond substituents is 1. The first kappa shape index (κ1) is 24.9. The van der Waals surface area contributed by atoms with Gasteiger partial charge in [-0.25, -0.2) is 0 Å². The Kier molecular flexibility index (Phi) is 5.94. The zero-order valence-electron chi connectivity index (χ0n) is 22.3. The summed E-state index contributed by atoms with van der Waals surface area (Å²) in [5.74, 6) is 2.78. The molecule has 200 valence electrons. The number of phenols is 1. The van der Waals surface area contributed by atoms with Crippen LogP contribution in [0.4, 0.5) is 0 Å². The fourth-order valence-electron chi connectivity index (χ4n) is 7.40. The Balaban J connectivity index is 1.60. The number of benzene rings is 2. The van der Waals surface area contributed by atoms with E-state index in [4.69, 9.17) is 24.7 Å². The van der Waals surface area contributed by atoms with Crippen LogP contribution in [0.25, 0.3) is 0 Å². The van der Waals surface area contributed by atoms with Gasteiger partial charge in [0.15, 0.2) is 23.0 Å². The first-order chi connectivity index (χ1) is 18.4. The minimum absolute atomic E-state index is 0.0660. The highest BCUT2D eigenvalue weighted by molar-refractivity contribution is 5.66. The van der Waals surface area contributed by atoms with Crippen LogP contribution in [-0.4, -0.2) is 67.1 Å². The van der Waals surface area contributed by atoms with E-state index in [9.17, 15) is 10.4 Å². The first-order valence-electron chi connectivity index (χ1n) is 13.0. The minimum Gasteiger partial charge on any atom is -0.504 e. The quantitative estimate of drug-likeness (QED) is 0.577. The summed E-state index contributed by atoms with van der Waals surface area (Å²) < 4.78 is 23.8. The lowest BCUT2D eigenvalue weighted by atomic mass is 9.71. The molecule has 1 fully saturated rings. The number of aryl methyl sites for hydroxylation is 1. The number of fused-ring (bicyclic) bond motifs is 9. The summed E-state index contributed by atoms with van der Waals surface area (Å²) in [5, 5.41) is 22.0. The molecule has 9 heteroatoms. The highest BCUT2D eigenvalue weighted by Gasteiger charge is 2.56. The van der Waals surface area contributed by atoms with Gasteiger partial charge in [-0.1, -0.05) is 18.7 Å². The summed E-state index contributed by atoms with van der Waals surface area (Å²) in [6.07, 6.45) is 2.96. The summed E-state index contributed by atoms with van der Waals surface area (Å²) in [5.41, 5.74) is 12.2. The zero-order valence-corrected chi connectivity index (χ0v) is 22.3. The number of nitrogens with zero attached hydrogens (tertiary/aromatic N) is 3. The van der Waals surface area contributed by atoms with Crippen LogP contribution in [-0.2, 0) is 12.8 Å². The predicted molar refractivity (Wildman–Crippen MR) is 141 cm³/mol. The van der Waals surface area contributed by atoms with Crippen LogP contribution in [0.5, 0.6) is 28.7 Å². The molecule has 6 rings (SSSR count). The maximum absolute atomic E-state index is 11.5. The van der Waals surface area contributed by atoms with Gasteiger partial charge in [0.1, 0.15) is 18.4 Å². The van der Waals surface area contributed by atoms with E-state index in [1.165, 1.54) is 0 Å². The number of ether oxygens (including phenoxy) is 4. The van der Waals surface area contributed by atoms with Crippen LogP contribution in [0.15, 0.2) is 18.7 Å². The lowest BCUT2D eigenvalue weighted by molar-refractivity contribution is -0.0710. The van der Waals surface area contributed by atoms with Gasteiger partial charge in [0.2, 0.25) is 6.79 Å². The topological polar surface area (TPSA) is 113 Å². The highest BCUT2D eigenvalue weighted by atomic mass is 16.7. The van der Waals surface area contributed by atoms with E-state index in [1.54, 1.807) is 13.2 Å². The molecule has 0 saturated carbocycles. The van der Waals surface area contributed by atoms with Gasteiger partial charge >= 0.3 is 0 Å². The number of piperazine rings is 1. The third-order valence-electron chi connectivity index (χ3n) is 8.83. The number of hydrogen-bond acceptors (Lipinski definition) is 9. The van der Waals surface area contributed by atoms with Gasteiger partial charge in [0, 0.05) is 40.9 Å². The molecule has 4 aliphatic heterocycles. The second-order valence-electron chi connectivity index (χ2n) is 10.6. The van der Waals surface area contributed by atoms with E-state index in [0.717, 1.165) is 39.1 Å². The third kappa shape index (κ3) is 3.20. The van der Waals surface area contributed by atoms with Crippen molar-refractivity contribution in [3.63, 3.8) is 0 Å². The number of methoxy groups -OCH3 is 1. The SMILES string of the molecule is C=CCOc1c(C)c2c(c3c1CC1C4c5c(cc(C)c(OC)c5O)CC([C@H](C#N)N1C3CN)N4C)OCO2. The Labute approximate surface area is 222 Å². The standard InChI is InChI=1S/C29H34N4O5/c1-6-7-36-27-15(3)28-29(38-13-37-28)23-17(27)10-19-24-22-16(8-14(2)26(35-5)25(22)34)9-18(32(24)4)20(11-30)33(19)21(23)12-31/h6,8,18-21,24,34H,1,7,9-10,12-13,31H2,2-5H3/t18?,19?,20-,21?,24?/m0/s1. The number of nitrogens with two attached hydrogens (primary N) is 1. The van der Waals surface area contributed by atoms with E-state index in [0.29, 0.717) is 43.2 Å². The molecule has 0 aliphatic carbocycles. The molecular weight excluding hydrogens is 484 g/mol. The molecule has 5 atom stereocenters. The molecule has 4 heterocycles. The Hall–Kier alpha value is -3.45. The molecule has 38 heavy (non-hydrogen) atoms. The molecule has 3 N–H and O–H groups in total. The summed E-state index contributed by atoms with van der Waals surface area (Å²) in [6, 6.07) is 3.64. The summed E-state index contributed by atoms with van der Waals surface area (Å²) in [4.78, 5) is 4.52. The van der Waals surface area contributed by atoms with Crippen LogP contribution >= 0.6 is 0 Å². The molecule has 0 amide bonds. The van der Waals surface area contributed by atoms with Crippen LogP contribution in [0.1, 0.15) is 45.5 Å². The molecule has 2 aromatic carbocycles. The summed E-state index contributed by atoms with van der Waals surface area (Å²) in [6.45, 7) is 8.52. The van der Waals surface area contributed by atoms with Crippen molar-refractivity contribution < 1.29 is 24.1 Å². The molecule has 2 aromatic rings. The Morgan fingerprint density at radius 1 is 1.21 bits per heavy atom. The van der Waals surface area contributed by atoms with Crippen molar-refractivity contribution in [2.75, 3.05) is 34.1 Å². The molecule has 4 unspecified atom stereocenters. The van der Waals surface area contributed by atoms with Gasteiger partial charge in [-0.15, -0.1) is 0 Å². The van der Waals surface area contributed by atoms with Gasteiger partial charge in [-0.3, -0.25) is 9.80 Å². The van der Waals surface area contributed by atoms with E-state index >= 15 is 0 Å². The maximum Gasteiger partial charge on any atom is 0.231 e. The van der Waals surface area contributed by atoms with E-state index in [-0.39, 0.29) is 36.7 Å². The van der Waals surface area contributed by atoms with Crippen LogP contribution in [0.3, 0.4) is 0 Å². The second-order valence-corrected chi connectivity index (χ2v) is 10.6. The Morgan fingerprint density at radius 2 is 1.97 bits per heavy atom. The number of rotatable bonds is 5. The van der Waals surface area contributed by atoms with Gasteiger partial charge < -0.3 is 29.8 Å². The average Bonchev–Trinajstić information content (AvgIpc) is 3.39. The van der Waals surface area contributed by atoms with Crippen molar-refractivity contribution in [2.24, 2.45) is 5.73 Å². The fraction of sp³-hybridized carbons (Fsp3) is 0.483. The van der Waals surface area contributed by atoms with Gasteiger partial charge in [-0.2, -0.15) is 5.26 Å². The Bertz CT molecular complexity index is 1370. The molecule has 0 spiro atoms. The third-order valence-corrected chi connectivity index (χ3v) is 8.83. The summed E-state index contributed by atoms with van der Waals surface area (Å²) >= 11 is 0. The normalized spacial score (nSPS) is 27.1. The molecule has 9 nitrogen and oxygen atoms in total. The van der Waals surface area contributed by atoms with Gasteiger partial charge in [-0.05, 0) is 44.9 Å². The van der Waals surface area contributed by atoms with Crippen molar-refractivity contribution >= 4 is 0 Å². The van der Waals surface area contributed by atoms with Crippen molar-refractivity contribution in [1.82, 2.24) is 9.80 Å². The predicted octanol–water partition coefficient (Wildman–Crippen LogP) is 3.04. The van der Waals surface area contributed by atoms with Gasteiger partial charge in [0.25, 0.3) is 0 Å². The summed E-state index contributed by atoms with van der Waals surface area (Å²) in [7, 11) is 3.64. The highest BCUT2D eigenvalue weighted by Crippen LogP contribution is 2.58. The zero-order chi connectivity index (χ0) is 26.9.